The van der Waals surface area contributed by atoms with Gasteiger partial charge in [-0.15, -0.1) is 0 Å². The molecule has 0 bridgehead atoms. The number of nitrogens with zero attached hydrogens (tertiary/aromatic N) is 5. The first-order chi connectivity index (χ1) is 17.3. The van der Waals surface area contributed by atoms with Crippen LogP contribution in [0.1, 0.15) is 5.56 Å². The lowest BCUT2D eigenvalue weighted by Gasteiger charge is -2.34. The molecule has 0 unspecified atom stereocenters. The number of rotatable bonds is 5. The van der Waals surface area contributed by atoms with Crippen molar-refractivity contribution >= 4 is 28.6 Å². The van der Waals surface area contributed by atoms with Crippen molar-refractivity contribution in [1.82, 2.24) is 24.8 Å². The molecular weight excluding hydrogens is 450 g/mol. The maximum Gasteiger partial charge on any atom is 0.231 e. The Bertz CT molecular complexity index is 1400. The molecule has 11 nitrogen and oxygen atoms in total. The number of ether oxygens (including phenoxy) is 4. The van der Waals surface area contributed by atoms with Crippen LogP contribution in [0.5, 0.6) is 23.0 Å². The largest absolute Gasteiger partial charge is 0.454 e. The average Bonchev–Trinajstić information content (AvgIpc) is 3.64. The van der Waals surface area contributed by atoms with E-state index in [0.717, 1.165) is 61.2 Å². The van der Waals surface area contributed by atoms with E-state index < -0.39 is 0 Å². The standard InChI is InChI=1S/C24H23N7O4/c1-3-17-19(34-13-32-17)9-15(1)11-30-5-7-31(8-6-30)24-28-22-21(25-12-26-22)23(29-24)27-16-2-4-18-20(10-16)35-14-33-18/h1-4,9-10,12H,5-8,11,13-14H2,(H2,25,26,27,28,29). The van der Waals surface area contributed by atoms with E-state index in [2.05, 4.69) is 37.2 Å². The van der Waals surface area contributed by atoms with Crippen LogP contribution in [0.2, 0.25) is 0 Å². The van der Waals surface area contributed by atoms with E-state index in [9.17, 15) is 0 Å². The predicted octanol–water partition coefficient (Wildman–Crippen LogP) is 2.88. The average molecular weight is 473 g/mol. The molecule has 1 fully saturated rings. The van der Waals surface area contributed by atoms with E-state index in [0.29, 0.717) is 30.0 Å². The van der Waals surface area contributed by atoms with Gasteiger partial charge in [0.15, 0.2) is 34.5 Å². The molecule has 4 aromatic rings. The molecule has 2 N–H and O–H groups in total. The minimum Gasteiger partial charge on any atom is -0.454 e. The van der Waals surface area contributed by atoms with Crippen LogP contribution in [0.25, 0.3) is 11.2 Å². The summed E-state index contributed by atoms with van der Waals surface area (Å²) in [6, 6.07) is 11.9. The predicted molar refractivity (Wildman–Crippen MR) is 128 cm³/mol. The Kier molecular flexibility index (Phi) is 4.72. The molecule has 3 aliphatic heterocycles. The molecule has 2 aromatic carbocycles. The molecule has 0 saturated carbocycles. The van der Waals surface area contributed by atoms with Crippen molar-refractivity contribution in [3.8, 4) is 23.0 Å². The number of hydrogen-bond acceptors (Lipinski definition) is 10. The number of aromatic nitrogens is 4. The minimum atomic E-state index is 0.238. The summed E-state index contributed by atoms with van der Waals surface area (Å²) < 4.78 is 21.8. The fourth-order valence-electron chi connectivity index (χ4n) is 4.57. The molecule has 1 saturated heterocycles. The molecule has 0 aliphatic carbocycles. The second kappa shape index (κ2) is 8.20. The van der Waals surface area contributed by atoms with Gasteiger partial charge in [-0.25, -0.2) is 4.98 Å². The lowest BCUT2D eigenvalue weighted by atomic mass is 10.1. The Labute approximate surface area is 200 Å². The molecular formula is C24H23N7O4. The summed E-state index contributed by atoms with van der Waals surface area (Å²) in [6.45, 7) is 4.85. The Morgan fingerprint density at radius 2 is 1.57 bits per heavy atom. The molecule has 0 radical (unpaired) electrons. The SMILES string of the molecule is c1nc2nc(N3CCN(Cc4ccc5c(c4)OCO5)CC3)nc(Nc3ccc4c(c3)OCO4)c2[nH]1. The highest BCUT2D eigenvalue weighted by Gasteiger charge is 2.23. The zero-order valence-electron chi connectivity index (χ0n) is 18.9. The minimum absolute atomic E-state index is 0.238. The lowest BCUT2D eigenvalue weighted by Crippen LogP contribution is -2.46. The smallest absolute Gasteiger partial charge is 0.231 e. The molecule has 2 aromatic heterocycles. The second-order valence-corrected chi connectivity index (χ2v) is 8.62. The topological polar surface area (TPSA) is 110 Å². The van der Waals surface area contributed by atoms with E-state index in [1.165, 1.54) is 5.56 Å². The molecule has 11 heteroatoms. The van der Waals surface area contributed by atoms with Gasteiger partial charge in [0.1, 0.15) is 5.52 Å². The molecule has 0 spiro atoms. The Balaban J connectivity index is 1.07. The first kappa shape index (κ1) is 20.2. The molecule has 5 heterocycles. The first-order valence-electron chi connectivity index (χ1n) is 11.5. The van der Waals surface area contributed by atoms with Gasteiger partial charge in [-0.3, -0.25) is 4.90 Å². The zero-order chi connectivity index (χ0) is 23.2. The molecule has 35 heavy (non-hydrogen) atoms. The van der Waals surface area contributed by atoms with Crippen LogP contribution in [0, 0.1) is 0 Å². The number of H-pyrrole nitrogens is 1. The van der Waals surface area contributed by atoms with E-state index >= 15 is 0 Å². The van der Waals surface area contributed by atoms with Crippen LogP contribution in [0.4, 0.5) is 17.5 Å². The lowest BCUT2D eigenvalue weighted by molar-refractivity contribution is 0.173. The maximum atomic E-state index is 5.51. The van der Waals surface area contributed by atoms with Gasteiger partial charge >= 0.3 is 0 Å². The number of aromatic amines is 1. The molecule has 178 valence electrons. The fourth-order valence-corrected chi connectivity index (χ4v) is 4.57. The van der Waals surface area contributed by atoms with Crippen molar-refractivity contribution in [2.75, 3.05) is 50.0 Å². The molecule has 0 amide bonds. The van der Waals surface area contributed by atoms with Gasteiger partial charge in [0.25, 0.3) is 0 Å². The van der Waals surface area contributed by atoms with E-state index in [1.54, 1.807) is 6.33 Å². The van der Waals surface area contributed by atoms with Crippen molar-refractivity contribution in [2.24, 2.45) is 0 Å². The number of benzene rings is 2. The molecule has 3 aliphatic rings. The summed E-state index contributed by atoms with van der Waals surface area (Å²) in [5, 5.41) is 3.39. The van der Waals surface area contributed by atoms with Gasteiger partial charge < -0.3 is 34.1 Å². The van der Waals surface area contributed by atoms with Gasteiger partial charge in [0.05, 0.1) is 6.33 Å². The van der Waals surface area contributed by atoms with Gasteiger partial charge in [0.2, 0.25) is 19.5 Å². The number of hydrogen-bond donors (Lipinski definition) is 2. The van der Waals surface area contributed by atoms with Crippen molar-refractivity contribution < 1.29 is 18.9 Å². The number of piperazine rings is 1. The highest BCUT2D eigenvalue weighted by Crippen LogP contribution is 2.36. The van der Waals surface area contributed by atoms with Crippen LogP contribution < -0.4 is 29.2 Å². The van der Waals surface area contributed by atoms with Crippen molar-refractivity contribution in [2.45, 2.75) is 6.54 Å². The fraction of sp³-hybridized carbons (Fsp3) is 0.292. The maximum absolute atomic E-state index is 5.51. The monoisotopic (exact) mass is 473 g/mol. The Morgan fingerprint density at radius 3 is 2.40 bits per heavy atom. The summed E-state index contributed by atoms with van der Waals surface area (Å²) in [5.74, 6) is 4.42. The summed E-state index contributed by atoms with van der Waals surface area (Å²) in [5.41, 5.74) is 3.45. The van der Waals surface area contributed by atoms with E-state index in [-0.39, 0.29) is 6.79 Å². The third-order valence-electron chi connectivity index (χ3n) is 6.41. The van der Waals surface area contributed by atoms with E-state index in [1.807, 2.05) is 24.3 Å². The Morgan fingerprint density at radius 1 is 0.829 bits per heavy atom. The van der Waals surface area contributed by atoms with Gasteiger partial charge in [-0.2, -0.15) is 9.97 Å². The number of imidazole rings is 1. The third-order valence-corrected chi connectivity index (χ3v) is 6.41. The molecule has 7 rings (SSSR count). The number of anilines is 3. The van der Waals surface area contributed by atoms with Gasteiger partial charge in [-0.1, -0.05) is 6.07 Å². The number of nitrogens with one attached hydrogen (secondary N) is 2. The highest BCUT2D eigenvalue weighted by atomic mass is 16.7. The van der Waals surface area contributed by atoms with Crippen molar-refractivity contribution in [3.63, 3.8) is 0 Å². The van der Waals surface area contributed by atoms with Crippen LogP contribution in [0.3, 0.4) is 0 Å². The summed E-state index contributed by atoms with van der Waals surface area (Å²) >= 11 is 0. The Hall–Kier alpha value is -4.25. The third kappa shape index (κ3) is 3.79. The van der Waals surface area contributed by atoms with E-state index in [4.69, 9.17) is 28.9 Å². The highest BCUT2D eigenvalue weighted by molar-refractivity contribution is 5.86. The summed E-state index contributed by atoms with van der Waals surface area (Å²) in [4.78, 5) is 21.7. The van der Waals surface area contributed by atoms with Crippen LogP contribution in [-0.4, -0.2) is 64.6 Å². The quantitative estimate of drug-likeness (QED) is 0.449. The van der Waals surface area contributed by atoms with Crippen LogP contribution >= 0.6 is 0 Å². The van der Waals surface area contributed by atoms with Gasteiger partial charge in [0, 0.05) is 44.5 Å². The van der Waals surface area contributed by atoms with Crippen LogP contribution in [0.15, 0.2) is 42.7 Å². The normalized spacial score (nSPS) is 16.7. The first-order valence-corrected chi connectivity index (χ1v) is 11.5. The number of fused-ring (bicyclic) bond motifs is 3. The van der Waals surface area contributed by atoms with Gasteiger partial charge in [-0.05, 0) is 29.8 Å². The zero-order valence-corrected chi connectivity index (χ0v) is 18.9. The van der Waals surface area contributed by atoms with Crippen molar-refractivity contribution in [3.05, 3.63) is 48.3 Å². The second-order valence-electron chi connectivity index (χ2n) is 8.62. The summed E-state index contributed by atoms with van der Waals surface area (Å²) in [6.07, 6.45) is 1.64. The van der Waals surface area contributed by atoms with Crippen LogP contribution in [-0.2, 0) is 6.54 Å². The summed E-state index contributed by atoms with van der Waals surface area (Å²) in [7, 11) is 0. The van der Waals surface area contributed by atoms with Crippen molar-refractivity contribution in [1.29, 1.82) is 0 Å². The molecule has 0 atom stereocenters.